The zero-order valence-corrected chi connectivity index (χ0v) is 12.3. The van der Waals surface area contributed by atoms with Gasteiger partial charge in [0.15, 0.2) is 0 Å². The maximum Gasteiger partial charge on any atom is 0.264 e. The van der Waals surface area contributed by atoms with Crippen LogP contribution in [0.2, 0.25) is 0 Å². The summed E-state index contributed by atoms with van der Waals surface area (Å²) in [6.07, 6.45) is 0. The monoisotopic (exact) mass is 295 g/mol. The number of ether oxygens (including phenoxy) is 1. The van der Waals surface area contributed by atoms with Crippen molar-refractivity contribution in [3.8, 4) is 11.5 Å². The lowest BCUT2D eigenvalue weighted by atomic mass is 10.1. The fourth-order valence-corrected chi connectivity index (χ4v) is 2.17. The van der Waals surface area contributed by atoms with Gasteiger partial charge < -0.3 is 14.6 Å². The van der Waals surface area contributed by atoms with Crippen LogP contribution in [-0.4, -0.2) is 17.3 Å². The zero-order chi connectivity index (χ0) is 15.2. The summed E-state index contributed by atoms with van der Waals surface area (Å²) in [5.41, 5.74) is 3.19. The predicted molar refractivity (Wildman–Crippen MR) is 84.2 cm³/mol. The molecule has 112 valence electrons. The van der Waals surface area contributed by atoms with E-state index in [9.17, 15) is 0 Å². The van der Waals surface area contributed by atoms with Crippen molar-refractivity contribution in [3.05, 3.63) is 65.7 Å². The van der Waals surface area contributed by atoms with Gasteiger partial charge in [-0.1, -0.05) is 42.5 Å². The molecule has 0 spiro atoms. The topological polar surface area (TPSA) is 60.2 Å². The Bertz CT molecular complexity index is 726. The van der Waals surface area contributed by atoms with E-state index in [1.54, 1.807) is 7.11 Å². The van der Waals surface area contributed by atoms with Crippen LogP contribution < -0.4 is 5.32 Å². The van der Waals surface area contributed by atoms with Crippen molar-refractivity contribution in [2.75, 3.05) is 12.4 Å². The SMILES string of the molecule is COCc1cccc(CNc2noc(-c3ccccc3)n2)c1. The highest BCUT2D eigenvalue weighted by Gasteiger charge is 2.07. The average Bonchev–Trinajstić information content (AvgIpc) is 3.04. The number of nitrogens with one attached hydrogen (secondary N) is 1. The lowest BCUT2D eigenvalue weighted by molar-refractivity contribution is 0.185. The molecule has 1 aromatic heterocycles. The molecule has 3 rings (SSSR count). The van der Waals surface area contributed by atoms with E-state index in [0.29, 0.717) is 25.0 Å². The van der Waals surface area contributed by atoms with E-state index >= 15 is 0 Å². The second-order valence-electron chi connectivity index (χ2n) is 4.90. The van der Waals surface area contributed by atoms with Gasteiger partial charge in [-0.25, -0.2) is 0 Å². The number of nitrogens with zero attached hydrogens (tertiary/aromatic N) is 2. The highest BCUT2D eigenvalue weighted by Crippen LogP contribution is 2.18. The first-order valence-electron chi connectivity index (χ1n) is 7.05. The smallest absolute Gasteiger partial charge is 0.264 e. The molecule has 0 amide bonds. The van der Waals surface area contributed by atoms with Gasteiger partial charge in [-0.3, -0.25) is 0 Å². The van der Waals surface area contributed by atoms with Gasteiger partial charge in [0.2, 0.25) is 0 Å². The predicted octanol–water partition coefficient (Wildman–Crippen LogP) is 3.50. The van der Waals surface area contributed by atoms with E-state index in [2.05, 4.69) is 21.5 Å². The van der Waals surface area contributed by atoms with E-state index in [-0.39, 0.29) is 0 Å². The van der Waals surface area contributed by atoms with E-state index < -0.39 is 0 Å². The highest BCUT2D eigenvalue weighted by atomic mass is 16.5. The quantitative estimate of drug-likeness (QED) is 0.754. The van der Waals surface area contributed by atoms with E-state index in [1.165, 1.54) is 0 Å². The molecule has 0 aliphatic rings. The van der Waals surface area contributed by atoms with Crippen LogP contribution in [0.4, 0.5) is 5.95 Å². The van der Waals surface area contributed by atoms with Crippen LogP contribution in [0.25, 0.3) is 11.5 Å². The molecule has 0 bridgehead atoms. The molecule has 0 unspecified atom stereocenters. The van der Waals surface area contributed by atoms with Crippen LogP contribution in [0.15, 0.2) is 59.1 Å². The van der Waals surface area contributed by atoms with E-state index in [4.69, 9.17) is 9.26 Å². The summed E-state index contributed by atoms with van der Waals surface area (Å²) in [7, 11) is 1.69. The number of methoxy groups -OCH3 is 1. The molecule has 0 aliphatic heterocycles. The number of rotatable bonds is 6. The molecule has 0 radical (unpaired) electrons. The average molecular weight is 295 g/mol. The lowest BCUT2D eigenvalue weighted by Gasteiger charge is -2.04. The molecule has 3 aromatic rings. The standard InChI is InChI=1S/C17H17N3O2/c1-21-12-14-7-5-6-13(10-14)11-18-17-19-16(22-20-17)15-8-3-2-4-9-15/h2-10H,11-12H2,1H3,(H,18,20). The third-order valence-electron chi connectivity index (χ3n) is 3.20. The normalized spacial score (nSPS) is 10.6. The third kappa shape index (κ3) is 3.51. The van der Waals surface area contributed by atoms with Crippen LogP contribution in [0, 0.1) is 0 Å². The summed E-state index contributed by atoms with van der Waals surface area (Å²) < 4.78 is 10.4. The van der Waals surface area contributed by atoms with Gasteiger partial charge in [-0.15, -0.1) is 0 Å². The second-order valence-corrected chi connectivity index (χ2v) is 4.90. The van der Waals surface area contributed by atoms with Crippen LogP contribution in [0.1, 0.15) is 11.1 Å². The summed E-state index contributed by atoms with van der Waals surface area (Å²) in [5.74, 6) is 0.993. The molecule has 0 aliphatic carbocycles. The molecule has 0 atom stereocenters. The Balaban J connectivity index is 1.65. The van der Waals surface area contributed by atoms with Crippen LogP contribution in [-0.2, 0) is 17.9 Å². The van der Waals surface area contributed by atoms with Crippen molar-refractivity contribution in [2.24, 2.45) is 0 Å². The van der Waals surface area contributed by atoms with Gasteiger partial charge >= 0.3 is 0 Å². The van der Waals surface area contributed by atoms with Crippen LogP contribution in [0.3, 0.4) is 0 Å². The first kappa shape index (κ1) is 14.3. The molecule has 2 aromatic carbocycles. The minimum Gasteiger partial charge on any atom is -0.380 e. The number of aromatic nitrogens is 2. The van der Waals surface area contributed by atoms with Crippen molar-refractivity contribution in [1.29, 1.82) is 0 Å². The second kappa shape index (κ2) is 6.87. The lowest BCUT2D eigenvalue weighted by Crippen LogP contribution is -2.01. The Kier molecular flexibility index (Phi) is 4.46. The number of benzene rings is 2. The minimum atomic E-state index is 0.482. The Morgan fingerprint density at radius 1 is 1.05 bits per heavy atom. The fraction of sp³-hybridized carbons (Fsp3) is 0.176. The zero-order valence-electron chi connectivity index (χ0n) is 12.3. The molecule has 0 saturated heterocycles. The fourth-order valence-electron chi connectivity index (χ4n) is 2.17. The molecule has 1 heterocycles. The Hall–Kier alpha value is -2.66. The Labute approximate surface area is 128 Å². The third-order valence-corrected chi connectivity index (χ3v) is 3.20. The summed E-state index contributed by atoms with van der Waals surface area (Å²) in [4.78, 5) is 4.34. The van der Waals surface area contributed by atoms with Crippen molar-refractivity contribution >= 4 is 5.95 Å². The van der Waals surface area contributed by atoms with Gasteiger partial charge in [-0.05, 0) is 28.4 Å². The van der Waals surface area contributed by atoms with E-state index in [0.717, 1.165) is 16.7 Å². The van der Waals surface area contributed by atoms with Crippen molar-refractivity contribution in [2.45, 2.75) is 13.2 Å². The first-order valence-corrected chi connectivity index (χ1v) is 7.05. The maximum atomic E-state index is 5.26. The van der Waals surface area contributed by atoms with Crippen LogP contribution >= 0.6 is 0 Å². The van der Waals surface area contributed by atoms with E-state index in [1.807, 2.05) is 48.5 Å². The first-order chi connectivity index (χ1) is 10.8. The molecule has 0 fully saturated rings. The van der Waals surface area contributed by atoms with Crippen molar-refractivity contribution in [3.63, 3.8) is 0 Å². The molecule has 22 heavy (non-hydrogen) atoms. The molecule has 5 heteroatoms. The van der Waals surface area contributed by atoms with Gasteiger partial charge in [0.05, 0.1) is 6.61 Å². The van der Waals surface area contributed by atoms with Crippen molar-refractivity contribution < 1.29 is 9.26 Å². The largest absolute Gasteiger partial charge is 0.380 e. The summed E-state index contributed by atoms with van der Waals surface area (Å²) >= 11 is 0. The van der Waals surface area contributed by atoms with Gasteiger partial charge in [0, 0.05) is 19.2 Å². The van der Waals surface area contributed by atoms with Crippen molar-refractivity contribution in [1.82, 2.24) is 10.1 Å². The summed E-state index contributed by atoms with van der Waals surface area (Å²) in [6.45, 7) is 1.24. The maximum absolute atomic E-state index is 5.26. The molecular weight excluding hydrogens is 278 g/mol. The number of hydrogen-bond acceptors (Lipinski definition) is 5. The summed E-state index contributed by atoms with van der Waals surface area (Å²) in [5, 5.41) is 7.11. The molecule has 5 nitrogen and oxygen atoms in total. The molecular formula is C17H17N3O2. The Morgan fingerprint density at radius 2 is 1.86 bits per heavy atom. The van der Waals surface area contributed by atoms with Crippen LogP contribution in [0.5, 0.6) is 0 Å². The number of anilines is 1. The Morgan fingerprint density at radius 3 is 2.68 bits per heavy atom. The minimum absolute atomic E-state index is 0.482. The molecule has 1 N–H and O–H groups in total. The highest BCUT2D eigenvalue weighted by molar-refractivity contribution is 5.53. The van der Waals surface area contributed by atoms with Gasteiger partial charge in [0.1, 0.15) is 0 Å². The summed E-state index contributed by atoms with van der Waals surface area (Å²) in [6, 6.07) is 17.9. The van der Waals surface area contributed by atoms with Gasteiger partial charge in [0.25, 0.3) is 11.8 Å². The number of hydrogen-bond donors (Lipinski definition) is 1. The molecule has 0 saturated carbocycles. The van der Waals surface area contributed by atoms with Gasteiger partial charge in [-0.2, -0.15) is 4.98 Å².